The van der Waals surface area contributed by atoms with Crippen molar-refractivity contribution in [3.63, 3.8) is 0 Å². The number of hydrogen-bond donors (Lipinski definition) is 0. The molecule has 0 radical (unpaired) electrons. The summed E-state index contributed by atoms with van der Waals surface area (Å²) in [5.74, 6) is -0.355. The zero-order chi connectivity index (χ0) is 11.7. The molecule has 16 heavy (non-hydrogen) atoms. The van der Waals surface area contributed by atoms with E-state index < -0.39 is 0 Å². The fraction of sp³-hybridized carbons (Fsp3) is 0.154. The minimum Gasteiger partial charge on any atom is -0.294 e. The molecule has 2 aromatic rings. The highest BCUT2D eigenvalue weighted by atomic mass is 32.1. The van der Waals surface area contributed by atoms with Gasteiger partial charge in [0, 0.05) is 10.4 Å². The minimum atomic E-state index is -0.314. The second-order valence-electron chi connectivity index (χ2n) is 3.64. The number of benzene rings is 1. The van der Waals surface area contributed by atoms with Crippen molar-refractivity contribution >= 4 is 17.1 Å². The van der Waals surface area contributed by atoms with Crippen LogP contribution in [0.3, 0.4) is 0 Å². The van der Waals surface area contributed by atoms with Crippen LogP contribution in [0.25, 0.3) is 11.1 Å². The molecule has 0 N–H and O–H groups in total. The Kier molecular flexibility index (Phi) is 2.88. The number of ketones is 1. The molecule has 0 aliphatic rings. The van der Waals surface area contributed by atoms with E-state index >= 15 is 0 Å². The molecular weight excluding hydrogens is 223 g/mol. The maximum absolute atomic E-state index is 13.2. The van der Waals surface area contributed by atoms with Crippen molar-refractivity contribution in [2.45, 2.75) is 13.8 Å². The highest BCUT2D eigenvalue weighted by Gasteiger charge is 2.12. The molecule has 0 unspecified atom stereocenters. The van der Waals surface area contributed by atoms with Crippen molar-refractivity contribution in [1.29, 1.82) is 0 Å². The van der Waals surface area contributed by atoms with E-state index in [0.717, 1.165) is 10.4 Å². The molecule has 0 amide bonds. The molecule has 82 valence electrons. The van der Waals surface area contributed by atoms with Gasteiger partial charge in [-0.1, -0.05) is 0 Å². The predicted octanol–water partition coefficient (Wildman–Crippen LogP) is 4.07. The van der Waals surface area contributed by atoms with Crippen LogP contribution >= 0.6 is 11.3 Å². The molecule has 1 nitrogen and oxygen atoms in total. The zero-order valence-electron chi connectivity index (χ0n) is 9.08. The average molecular weight is 234 g/mol. The maximum Gasteiger partial charge on any atom is 0.160 e. The number of carbonyl (C=O) groups excluding carboxylic acids is 1. The van der Waals surface area contributed by atoms with E-state index in [1.54, 1.807) is 17.4 Å². The van der Waals surface area contributed by atoms with Crippen molar-refractivity contribution in [2.75, 3.05) is 0 Å². The molecule has 0 atom stereocenters. The topological polar surface area (TPSA) is 17.1 Å². The highest BCUT2D eigenvalue weighted by Crippen LogP contribution is 2.31. The van der Waals surface area contributed by atoms with Gasteiger partial charge in [-0.15, -0.1) is 11.3 Å². The third kappa shape index (κ3) is 1.91. The summed E-state index contributed by atoms with van der Waals surface area (Å²) < 4.78 is 13.2. The van der Waals surface area contributed by atoms with Crippen molar-refractivity contribution in [3.8, 4) is 11.1 Å². The SMILES string of the molecule is CC(=O)c1ccc(F)cc1-c1ccsc1C. The van der Waals surface area contributed by atoms with E-state index in [4.69, 9.17) is 0 Å². The molecule has 0 bridgehead atoms. The molecule has 0 fully saturated rings. The first-order chi connectivity index (χ1) is 7.59. The molecule has 1 heterocycles. The molecule has 1 aromatic carbocycles. The first-order valence-corrected chi connectivity index (χ1v) is 5.82. The number of rotatable bonds is 2. The first-order valence-electron chi connectivity index (χ1n) is 4.94. The fourth-order valence-corrected chi connectivity index (χ4v) is 2.42. The summed E-state index contributed by atoms with van der Waals surface area (Å²) >= 11 is 1.59. The van der Waals surface area contributed by atoms with E-state index in [0.29, 0.717) is 11.1 Å². The summed E-state index contributed by atoms with van der Waals surface area (Å²) in [4.78, 5) is 12.6. The maximum atomic E-state index is 13.2. The summed E-state index contributed by atoms with van der Waals surface area (Å²) in [5.41, 5.74) is 2.20. The van der Waals surface area contributed by atoms with Crippen LogP contribution in [-0.4, -0.2) is 5.78 Å². The van der Waals surface area contributed by atoms with Crippen LogP contribution in [0.15, 0.2) is 29.6 Å². The zero-order valence-corrected chi connectivity index (χ0v) is 9.90. The van der Waals surface area contributed by atoms with Gasteiger partial charge in [0.15, 0.2) is 5.78 Å². The molecule has 0 spiro atoms. The van der Waals surface area contributed by atoms with Crippen LogP contribution in [0.1, 0.15) is 22.2 Å². The Bertz CT molecular complexity index is 543. The van der Waals surface area contributed by atoms with Crippen LogP contribution in [0.4, 0.5) is 4.39 Å². The third-order valence-corrected chi connectivity index (χ3v) is 3.36. The second-order valence-corrected chi connectivity index (χ2v) is 4.76. The summed E-state index contributed by atoms with van der Waals surface area (Å²) in [6.45, 7) is 3.47. The van der Waals surface area contributed by atoms with E-state index in [-0.39, 0.29) is 11.6 Å². The fourth-order valence-electron chi connectivity index (χ4n) is 1.71. The lowest BCUT2D eigenvalue weighted by atomic mass is 9.98. The number of halogens is 1. The molecule has 3 heteroatoms. The van der Waals surface area contributed by atoms with Crippen molar-refractivity contribution in [2.24, 2.45) is 0 Å². The normalized spacial score (nSPS) is 10.4. The molecule has 1 aromatic heterocycles. The minimum absolute atomic E-state index is 0.0411. The van der Waals surface area contributed by atoms with E-state index in [9.17, 15) is 9.18 Å². The average Bonchev–Trinajstić information content (AvgIpc) is 2.63. The molecule has 0 saturated heterocycles. The smallest absolute Gasteiger partial charge is 0.160 e. The highest BCUT2D eigenvalue weighted by molar-refractivity contribution is 7.10. The summed E-state index contributed by atoms with van der Waals surface area (Å²) in [6, 6.07) is 6.21. The van der Waals surface area contributed by atoms with Crippen molar-refractivity contribution in [1.82, 2.24) is 0 Å². The van der Waals surface area contributed by atoms with Crippen molar-refractivity contribution < 1.29 is 9.18 Å². The lowest BCUT2D eigenvalue weighted by Crippen LogP contribution is -1.96. The monoisotopic (exact) mass is 234 g/mol. The summed E-state index contributed by atoms with van der Waals surface area (Å²) in [5, 5.41) is 1.94. The molecular formula is C13H11FOS. The van der Waals surface area contributed by atoms with Gasteiger partial charge in [0.2, 0.25) is 0 Å². The second kappa shape index (κ2) is 4.18. The first kappa shape index (κ1) is 11.0. The van der Waals surface area contributed by atoms with Gasteiger partial charge in [0.1, 0.15) is 5.82 Å². The van der Waals surface area contributed by atoms with Gasteiger partial charge in [0.05, 0.1) is 0 Å². The summed E-state index contributed by atoms with van der Waals surface area (Å²) in [6.07, 6.45) is 0. The number of aryl methyl sites for hydroxylation is 1. The largest absolute Gasteiger partial charge is 0.294 e. The molecule has 0 aliphatic carbocycles. The standard InChI is InChI=1S/C13H11FOS/c1-8(15)11-4-3-10(14)7-13(11)12-5-6-16-9(12)2/h3-7H,1-2H3. The number of hydrogen-bond acceptors (Lipinski definition) is 2. The van der Waals surface area contributed by atoms with Gasteiger partial charge in [-0.3, -0.25) is 4.79 Å². The Morgan fingerprint density at radius 2 is 2.00 bits per heavy atom. The Morgan fingerprint density at radius 1 is 1.25 bits per heavy atom. The van der Waals surface area contributed by atoms with Crippen molar-refractivity contribution in [3.05, 3.63) is 45.9 Å². The van der Waals surface area contributed by atoms with E-state index in [2.05, 4.69) is 0 Å². The van der Waals surface area contributed by atoms with Crippen LogP contribution in [-0.2, 0) is 0 Å². The Morgan fingerprint density at radius 3 is 2.56 bits per heavy atom. The Hall–Kier alpha value is -1.48. The number of Topliss-reactive ketones (excluding diaryl/α,β-unsaturated/α-hetero) is 1. The van der Waals surface area contributed by atoms with Crippen LogP contribution < -0.4 is 0 Å². The van der Waals surface area contributed by atoms with Crippen LogP contribution in [0, 0.1) is 12.7 Å². The van der Waals surface area contributed by atoms with Crippen LogP contribution in [0.5, 0.6) is 0 Å². The third-order valence-electron chi connectivity index (χ3n) is 2.51. The molecule has 0 aliphatic heterocycles. The van der Waals surface area contributed by atoms with Gasteiger partial charge in [-0.05, 0) is 54.6 Å². The van der Waals surface area contributed by atoms with Gasteiger partial charge in [-0.25, -0.2) is 4.39 Å². The lowest BCUT2D eigenvalue weighted by molar-refractivity contribution is 0.101. The molecule has 2 rings (SSSR count). The summed E-state index contributed by atoms with van der Waals surface area (Å²) in [7, 11) is 0. The predicted molar refractivity (Wildman–Crippen MR) is 64.5 cm³/mol. The van der Waals surface area contributed by atoms with Gasteiger partial charge < -0.3 is 0 Å². The quantitative estimate of drug-likeness (QED) is 0.716. The van der Waals surface area contributed by atoms with Gasteiger partial charge in [0.25, 0.3) is 0 Å². The lowest BCUT2D eigenvalue weighted by Gasteiger charge is -2.06. The van der Waals surface area contributed by atoms with E-state index in [1.165, 1.54) is 19.1 Å². The van der Waals surface area contributed by atoms with Crippen LogP contribution in [0.2, 0.25) is 0 Å². The molecule has 0 saturated carbocycles. The van der Waals surface area contributed by atoms with Gasteiger partial charge >= 0.3 is 0 Å². The van der Waals surface area contributed by atoms with E-state index in [1.807, 2.05) is 18.4 Å². The number of carbonyl (C=O) groups is 1. The Labute approximate surface area is 97.6 Å². The van der Waals surface area contributed by atoms with Gasteiger partial charge in [-0.2, -0.15) is 0 Å². The Balaban J connectivity index is 2.67. The number of thiophene rings is 1.